The molecule has 1 saturated carbocycles. The average molecular weight is 248 g/mol. The number of carbonyl (C=O) groups is 1. The second-order valence-corrected chi connectivity index (χ2v) is 5.79. The molecule has 1 aromatic rings. The third kappa shape index (κ3) is 1.63. The fourth-order valence-corrected chi connectivity index (χ4v) is 3.41. The van der Waals surface area contributed by atoms with Crippen molar-refractivity contribution < 1.29 is 9.18 Å². The van der Waals surface area contributed by atoms with Crippen LogP contribution in [-0.2, 0) is 11.3 Å². The van der Waals surface area contributed by atoms with Crippen molar-refractivity contribution in [3.8, 4) is 0 Å². The largest absolute Gasteiger partial charge is 0.336 e. The van der Waals surface area contributed by atoms with Gasteiger partial charge in [0, 0.05) is 18.5 Å². The SMILES string of the molecule is NC12CC(CF)(CN(Cc3ccccc3)C1=O)C2. The maximum atomic E-state index is 13.1. The zero-order valence-electron chi connectivity index (χ0n) is 10.2. The van der Waals surface area contributed by atoms with Crippen LogP contribution in [0.15, 0.2) is 30.3 Å². The van der Waals surface area contributed by atoms with E-state index in [9.17, 15) is 9.18 Å². The molecule has 0 unspecified atom stereocenters. The molecule has 3 aliphatic rings. The monoisotopic (exact) mass is 248 g/mol. The lowest BCUT2D eigenvalue weighted by molar-refractivity contribution is -0.167. The zero-order chi connectivity index (χ0) is 12.8. The molecule has 96 valence electrons. The number of amides is 1. The van der Waals surface area contributed by atoms with E-state index in [2.05, 4.69) is 0 Å². The molecule has 1 amide bonds. The van der Waals surface area contributed by atoms with Crippen LogP contribution in [0, 0.1) is 5.41 Å². The van der Waals surface area contributed by atoms with Crippen LogP contribution in [0.5, 0.6) is 0 Å². The molecule has 3 fully saturated rings. The van der Waals surface area contributed by atoms with Crippen molar-refractivity contribution in [2.45, 2.75) is 24.9 Å². The number of halogens is 1. The summed E-state index contributed by atoms with van der Waals surface area (Å²) in [6.45, 7) is 0.640. The molecule has 2 saturated heterocycles. The first-order chi connectivity index (χ1) is 8.57. The van der Waals surface area contributed by atoms with Gasteiger partial charge in [-0.15, -0.1) is 0 Å². The fourth-order valence-electron chi connectivity index (χ4n) is 3.41. The van der Waals surface area contributed by atoms with Crippen molar-refractivity contribution in [3.63, 3.8) is 0 Å². The van der Waals surface area contributed by atoms with Gasteiger partial charge in [0.25, 0.3) is 0 Å². The van der Waals surface area contributed by atoms with Gasteiger partial charge in [0.1, 0.15) is 0 Å². The molecule has 0 spiro atoms. The number of rotatable bonds is 3. The van der Waals surface area contributed by atoms with E-state index in [0.717, 1.165) is 5.56 Å². The molecule has 4 rings (SSSR count). The van der Waals surface area contributed by atoms with E-state index >= 15 is 0 Å². The number of alkyl halides is 1. The number of piperidine rings is 2. The molecule has 18 heavy (non-hydrogen) atoms. The van der Waals surface area contributed by atoms with Crippen LogP contribution in [0.3, 0.4) is 0 Å². The highest BCUT2D eigenvalue weighted by Gasteiger charge is 2.62. The van der Waals surface area contributed by atoms with Gasteiger partial charge in [-0.3, -0.25) is 9.18 Å². The number of hydrogen-bond acceptors (Lipinski definition) is 2. The number of benzene rings is 1. The Morgan fingerprint density at radius 3 is 2.56 bits per heavy atom. The van der Waals surface area contributed by atoms with E-state index in [1.807, 2.05) is 30.3 Å². The predicted octanol–water partition coefficient (Wildman–Crippen LogP) is 1.48. The molecule has 2 aliphatic heterocycles. The average Bonchev–Trinajstić information content (AvgIpc) is 2.34. The maximum absolute atomic E-state index is 13.1. The lowest BCUT2D eigenvalue weighted by Crippen LogP contribution is -2.74. The normalized spacial score (nSPS) is 34.3. The molecule has 1 aliphatic carbocycles. The molecule has 1 aromatic carbocycles. The lowest BCUT2D eigenvalue weighted by Gasteiger charge is -2.59. The van der Waals surface area contributed by atoms with Gasteiger partial charge in [-0.05, 0) is 18.4 Å². The minimum Gasteiger partial charge on any atom is -0.336 e. The molecule has 2 bridgehead atoms. The highest BCUT2D eigenvalue weighted by molar-refractivity contribution is 5.89. The number of carbonyl (C=O) groups excluding carboxylic acids is 1. The summed E-state index contributed by atoms with van der Waals surface area (Å²) in [6, 6.07) is 9.76. The molecule has 0 atom stereocenters. The Kier molecular flexibility index (Phi) is 2.45. The van der Waals surface area contributed by atoms with Crippen molar-refractivity contribution in [2.75, 3.05) is 13.2 Å². The Labute approximate surface area is 106 Å². The summed E-state index contributed by atoms with van der Waals surface area (Å²) < 4.78 is 13.1. The number of hydrogen-bond donors (Lipinski definition) is 1. The Hall–Kier alpha value is -1.42. The van der Waals surface area contributed by atoms with Crippen LogP contribution in [0.2, 0.25) is 0 Å². The first-order valence-electron chi connectivity index (χ1n) is 6.25. The van der Waals surface area contributed by atoms with Crippen LogP contribution >= 0.6 is 0 Å². The minimum absolute atomic E-state index is 0.0262. The molecular weight excluding hydrogens is 231 g/mol. The Morgan fingerprint density at radius 1 is 1.28 bits per heavy atom. The second-order valence-electron chi connectivity index (χ2n) is 5.79. The van der Waals surface area contributed by atoms with Crippen LogP contribution in [-0.4, -0.2) is 29.6 Å². The van der Waals surface area contributed by atoms with E-state index in [4.69, 9.17) is 5.73 Å². The van der Waals surface area contributed by atoms with Crippen LogP contribution < -0.4 is 5.73 Å². The standard InChI is InChI=1S/C14H17FN2O/c15-9-13-7-14(16,8-13)12(18)17(10-13)6-11-4-2-1-3-5-11/h1-5H,6-10,16H2. The van der Waals surface area contributed by atoms with Crippen LogP contribution in [0.25, 0.3) is 0 Å². The van der Waals surface area contributed by atoms with Crippen LogP contribution in [0.4, 0.5) is 4.39 Å². The van der Waals surface area contributed by atoms with Gasteiger partial charge in [-0.1, -0.05) is 30.3 Å². The highest BCUT2D eigenvalue weighted by Crippen LogP contribution is 2.52. The Bertz CT molecular complexity index is 468. The molecule has 4 heteroatoms. The van der Waals surface area contributed by atoms with Gasteiger partial charge < -0.3 is 10.6 Å². The summed E-state index contributed by atoms with van der Waals surface area (Å²) in [5.41, 5.74) is 5.91. The third-order valence-corrected chi connectivity index (χ3v) is 4.12. The molecular formula is C14H17FN2O. The van der Waals surface area contributed by atoms with Gasteiger partial charge in [0.05, 0.1) is 12.2 Å². The van der Waals surface area contributed by atoms with Gasteiger partial charge in [0.2, 0.25) is 5.91 Å². The van der Waals surface area contributed by atoms with Crippen molar-refractivity contribution in [1.82, 2.24) is 4.90 Å². The highest BCUT2D eigenvalue weighted by atomic mass is 19.1. The fraction of sp³-hybridized carbons (Fsp3) is 0.500. The van der Waals surface area contributed by atoms with E-state index in [-0.39, 0.29) is 18.0 Å². The van der Waals surface area contributed by atoms with E-state index in [1.165, 1.54) is 0 Å². The first-order valence-corrected chi connectivity index (χ1v) is 6.25. The minimum atomic E-state index is -0.806. The summed E-state index contributed by atoms with van der Waals surface area (Å²) in [7, 11) is 0. The van der Waals surface area contributed by atoms with Crippen LogP contribution in [0.1, 0.15) is 18.4 Å². The van der Waals surface area contributed by atoms with E-state index in [0.29, 0.717) is 25.9 Å². The summed E-state index contributed by atoms with van der Waals surface area (Å²) >= 11 is 0. The van der Waals surface area contributed by atoms with Gasteiger partial charge in [0.15, 0.2) is 0 Å². The molecule has 0 aromatic heterocycles. The maximum Gasteiger partial charge on any atom is 0.243 e. The van der Waals surface area contributed by atoms with Crippen molar-refractivity contribution in [2.24, 2.45) is 11.1 Å². The Morgan fingerprint density at radius 2 is 1.94 bits per heavy atom. The summed E-state index contributed by atoms with van der Waals surface area (Å²) in [6.07, 6.45) is 1.00. The van der Waals surface area contributed by atoms with E-state index < -0.39 is 5.54 Å². The second kappa shape index (κ2) is 3.79. The zero-order valence-corrected chi connectivity index (χ0v) is 10.2. The first kappa shape index (κ1) is 11.7. The molecule has 0 radical (unpaired) electrons. The van der Waals surface area contributed by atoms with Crippen molar-refractivity contribution in [1.29, 1.82) is 0 Å². The van der Waals surface area contributed by atoms with Crippen molar-refractivity contribution >= 4 is 5.91 Å². The van der Waals surface area contributed by atoms with Gasteiger partial charge >= 0.3 is 0 Å². The van der Waals surface area contributed by atoms with Gasteiger partial charge in [-0.25, -0.2) is 0 Å². The number of fused-ring (bicyclic) bond motifs is 2. The summed E-state index contributed by atoms with van der Waals surface area (Å²) in [4.78, 5) is 13.9. The van der Waals surface area contributed by atoms with E-state index in [1.54, 1.807) is 4.90 Å². The number of nitrogens with two attached hydrogens (primary N) is 1. The molecule has 3 nitrogen and oxygen atoms in total. The van der Waals surface area contributed by atoms with Gasteiger partial charge in [-0.2, -0.15) is 0 Å². The summed E-state index contributed by atoms with van der Waals surface area (Å²) in [5.74, 6) is -0.0262. The van der Waals surface area contributed by atoms with Crippen molar-refractivity contribution in [3.05, 3.63) is 35.9 Å². The predicted molar refractivity (Wildman–Crippen MR) is 66.4 cm³/mol. The quantitative estimate of drug-likeness (QED) is 0.880. The lowest BCUT2D eigenvalue weighted by atomic mass is 9.54. The molecule has 2 heterocycles. The Balaban J connectivity index is 1.79. The topological polar surface area (TPSA) is 46.3 Å². The smallest absolute Gasteiger partial charge is 0.243 e. The third-order valence-electron chi connectivity index (χ3n) is 4.12. The summed E-state index contributed by atoms with van der Waals surface area (Å²) in [5, 5.41) is 0. The molecule has 2 N–H and O–H groups in total. The number of nitrogens with zero attached hydrogens (tertiary/aromatic N) is 1.